The molecule has 0 atom stereocenters. The van der Waals surface area contributed by atoms with Gasteiger partial charge in [-0.15, -0.1) is 0 Å². The second kappa shape index (κ2) is 5.40. The van der Waals surface area contributed by atoms with E-state index in [-0.39, 0.29) is 18.8 Å². The number of benzene rings is 1. The average molecular weight is 254 g/mol. The van der Waals surface area contributed by atoms with Crippen LogP contribution < -0.4 is 4.74 Å². The van der Waals surface area contributed by atoms with Crippen molar-refractivity contribution in [3.05, 3.63) is 28.7 Å². The van der Waals surface area contributed by atoms with Crippen LogP contribution in [-0.4, -0.2) is 5.97 Å². The van der Waals surface area contributed by atoms with E-state index in [4.69, 9.17) is 10.00 Å². The Balaban J connectivity index is 2.49. The largest absolute Gasteiger partial charge is 0.427 e. The van der Waals surface area contributed by atoms with Crippen molar-refractivity contribution >= 4 is 21.9 Å². The fourth-order valence-electron chi connectivity index (χ4n) is 0.843. The lowest BCUT2D eigenvalue weighted by atomic mass is 10.3. The first-order valence-electron chi connectivity index (χ1n) is 4.05. The molecule has 72 valence electrons. The highest BCUT2D eigenvalue weighted by molar-refractivity contribution is 9.10. The Bertz CT molecular complexity index is 353. The molecule has 3 nitrogen and oxygen atoms in total. The minimum Gasteiger partial charge on any atom is -0.427 e. The first-order chi connectivity index (χ1) is 6.72. The van der Waals surface area contributed by atoms with Gasteiger partial charge in [0.25, 0.3) is 0 Å². The summed E-state index contributed by atoms with van der Waals surface area (Å²) in [5.41, 5.74) is 0. The second-order valence-corrected chi connectivity index (χ2v) is 3.50. The summed E-state index contributed by atoms with van der Waals surface area (Å²) in [5, 5.41) is 8.25. The maximum absolute atomic E-state index is 11.1. The molecule has 0 saturated heterocycles. The van der Waals surface area contributed by atoms with Crippen molar-refractivity contribution in [1.82, 2.24) is 0 Å². The van der Waals surface area contributed by atoms with Gasteiger partial charge in [-0.05, 0) is 24.3 Å². The molecule has 0 fully saturated rings. The molecule has 0 heterocycles. The van der Waals surface area contributed by atoms with Gasteiger partial charge in [0, 0.05) is 10.9 Å². The van der Waals surface area contributed by atoms with E-state index in [0.717, 1.165) is 4.47 Å². The van der Waals surface area contributed by atoms with Gasteiger partial charge in [0.2, 0.25) is 0 Å². The standard InChI is InChI=1S/C10H8BrNO2/c11-8-3-5-9(6-4-8)14-10(13)2-1-7-12/h3-6H,1-2H2. The van der Waals surface area contributed by atoms with Crippen molar-refractivity contribution in [2.75, 3.05) is 0 Å². The van der Waals surface area contributed by atoms with Crippen molar-refractivity contribution in [1.29, 1.82) is 5.26 Å². The molecular weight excluding hydrogens is 246 g/mol. The van der Waals surface area contributed by atoms with Crippen LogP contribution in [-0.2, 0) is 4.79 Å². The predicted molar refractivity (Wildman–Crippen MR) is 54.6 cm³/mol. The van der Waals surface area contributed by atoms with Crippen molar-refractivity contribution < 1.29 is 9.53 Å². The number of carbonyl (C=O) groups excluding carboxylic acids is 1. The lowest BCUT2D eigenvalue weighted by Crippen LogP contribution is -2.06. The zero-order chi connectivity index (χ0) is 10.4. The molecule has 0 spiro atoms. The molecule has 0 saturated carbocycles. The zero-order valence-electron chi connectivity index (χ0n) is 7.37. The lowest BCUT2D eigenvalue weighted by Gasteiger charge is -2.01. The molecule has 0 aliphatic rings. The highest BCUT2D eigenvalue weighted by Gasteiger charge is 2.03. The Hall–Kier alpha value is -1.34. The van der Waals surface area contributed by atoms with Gasteiger partial charge in [0.15, 0.2) is 0 Å². The Labute approximate surface area is 90.4 Å². The molecule has 1 rings (SSSR count). The topological polar surface area (TPSA) is 50.1 Å². The second-order valence-electron chi connectivity index (χ2n) is 2.59. The number of halogens is 1. The molecule has 0 aliphatic carbocycles. The monoisotopic (exact) mass is 253 g/mol. The highest BCUT2D eigenvalue weighted by Crippen LogP contribution is 2.16. The number of ether oxygens (including phenoxy) is 1. The van der Waals surface area contributed by atoms with E-state index >= 15 is 0 Å². The van der Waals surface area contributed by atoms with Gasteiger partial charge in [-0.25, -0.2) is 0 Å². The molecule has 0 unspecified atom stereocenters. The summed E-state index contributed by atoms with van der Waals surface area (Å²) in [5.74, 6) is 0.116. The van der Waals surface area contributed by atoms with Gasteiger partial charge < -0.3 is 4.74 Å². The maximum atomic E-state index is 11.1. The number of carbonyl (C=O) groups is 1. The predicted octanol–water partition coefficient (Wildman–Crippen LogP) is 2.66. The molecular formula is C10H8BrNO2. The molecule has 0 aliphatic heterocycles. The van der Waals surface area contributed by atoms with Crippen molar-refractivity contribution in [3.63, 3.8) is 0 Å². The molecule has 1 aromatic rings. The Morgan fingerprint density at radius 3 is 2.64 bits per heavy atom. The van der Waals surface area contributed by atoms with Crippen LogP contribution in [0.1, 0.15) is 12.8 Å². The minimum atomic E-state index is -0.381. The van der Waals surface area contributed by atoms with E-state index in [9.17, 15) is 4.79 Å². The molecule has 14 heavy (non-hydrogen) atoms. The van der Waals surface area contributed by atoms with Crippen LogP contribution in [0.4, 0.5) is 0 Å². The molecule has 0 N–H and O–H groups in total. The number of rotatable bonds is 3. The number of hydrogen-bond donors (Lipinski definition) is 0. The molecule has 0 radical (unpaired) electrons. The smallest absolute Gasteiger partial charge is 0.312 e. The summed E-state index contributed by atoms with van der Waals surface area (Å²) in [6, 6.07) is 8.83. The summed E-state index contributed by atoms with van der Waals surface area (Å²) < 4.78 is 5.89. The first kappa shape index (κ1) is 10.7. The number of esters is 1. The number of nitrogens with zero attached hydrogens (tertiary/aromatic N) is 1. The Morgan fingerprint density at radius 1 is 1.43 bits per heavy atom. The molecule has 1 aromatic carbocycles. The maximum Gasteiger partial charge on any atom is 0.312 e. The van der Waals surface area contributed by atoms with Crippen LogP contribution in [0.5, 0.6) is 5.75 Å². The van der Waals surface area contributed by atoms with E-state index < -0.39 is 0 Å². The molecule has 4 heteroatoms. The van der Waals surface area contributed by atoms with Crippen molar-refractivity contribution in [3.8, 4) is 11.8 Å². The third-order valence-electron chi connectivity index (χ3n) is 1.49. The van der Waals surface area contributed by atoms with Gasteiger partial charge in [-0.3, -0.25) is 4.79 Å². The van der Waals surface area contributed by atoms with Crippen LogP contribution in [0.15, 0.2) is 28.7 Å². The van der Waals surface area contributed by atoms with Crippen LogP contribution in [0.3, 0.4) is 0 Å². The van der Waals surface area contributed by atoms with E-state index in [1.54, 1.807) is 24.3 Å². The minimum absolute atomic E-state index is 0.132. The van der Waals surface area contributed by atoms with E-state index in [1.807, 2.05) is 6.07 Å². The SMILES string of the molecule is N#CCCC(=O)Oc1ccc(Br)cc1. The summed E-state index contributed by atoms with van der Waals surface area (Å²) >= 11 is 3.27. The fourth-order valence-corrected chi connectivity index (χ4v) is 1.11. The molecule has 0 amide bonds. The number of nitriles is 1. The zero-order valence-corrected chi connectivity index (χ0v) is 8.95. The van der Waals surface area contributed by atoms with E-state index in [1.165, 1.54) is 0 Å². The third-order valence-corrected chi connectivity index (χ3v) is 2.01. The van der Waals surface area contributed by atoms with Crippen molar-refractivity contribution in [2.24, 2.45) is 0 Å². The Morgan fingerprint density at radius 2 is 2.07 bits per heavy atom. The van der Waals surface area contributed by atoms with Crippen molar-refractivity contribution in [2.45, 2.75) is 12.8 Å². The summed E-state index contributed by atoms with van der Waals surface area (Å²) in [6.45, 7) is 0. The summed E-state index contributed by atoms with van der Waals surface area (Å²) in [4.78, 5) is 11.1. The third kappa shape index (κ3) is 3.58. The van der Waals surface area contributed by atoms with Gasteiger partial charge in [-0.1, -0.05) is 15.9 Å². The van der Waals surface area contributed by atoms with Crippen LogP contribution in [0, 0.1) is 11.3 Å². The summed E-state index contributed by atoms with van der Waals surface area (Å²) in [7, 11) is 0. The molecule has 0 bridgehead atoms. The van der Waals surface area contributed by atoms with Crippen LogP contribution in [0.2, 0.25) is 0 Å². The number of hydrogen-bond acceptors (Lipinski definition) is 3. The van der Waals surface area contributed by atoms with E-state index in [0.29, 0.717) is 5.75 Å². The van der Waals surface area contributed by atoms with Gasteiger partial charge in [-0.2, -0.15) is 5.26 Å². The van der Waals surface area contributed by atoms with Crippen LogP contribution >= 0.6 is 15.9 Å². The van der Waals surface area contributed by atoms with Gasteiger partial charge in [0.05, 0.1) is 12.5 Å². The Kier molecular flexibility index (Phi) is 4.14. The van der Waals surface area contributed by atoms with Gasteiger partial charge in [0.1, 0.15) is 5.75 Å². The average Bonchev–Trinajstić information content (AvgIpc) is 2.18. The van der Waals surface area contributed by atoms with Gasteiger partial charge >= 0.3 is 5.97 Å². The first-order valence-corrected chi connectivity index (χ1v) is 4.85. The molecule has 0 aromatic heterocycles. The highest BCUT2D eigenvalue weighted by atomic mass is 79.9. The normalized spacial score (nSPS) is 9.14. The quantitative estimate of drug-likeness (QED) is 0.615. The van der Waals surface area contributed by atoms with E-state index in [2.05, 4.69) is 15.9 Å². The van der Waals surface area contributed by atoms with Crippen LogP contribution in [0.25, 0.3) is 0 Å². The fraction of sp³-hybridized carbons (Fsp3) is 0.200. The lowest BCUT2D eigenvalue weighted by molar-refractivity contribution is -0.134. The summed E-state index contributed by atoms with van der Waals surface area (Å²) in [6.07, 6.45) is 0.321.